The summed E-state index contributed by atoms with van der Waals surface area (Å²) in [5.74, 6) is 0. The molecule has 1 rings (SSSR count). The van der Waals surface area contributed by atoms with E-state index in [4.69, 9.17) is 0 Å². The predicted octanol–water partition coefficient (Wildman–Crippen LogP) is 4.43. The molecule has 0 bridgehead atoms. The van der Waals surface area contributed by atoms with Crippen LogP contribution in [0.3, 0.4) is 0 Å². The van der Waals surface area contributed by atoms with Gasteiger partial charge in [-0.05, 0) is 30.2 Å². The number of hydrogen-bond donors (Lipinski definition) is 0. The van der Waals surface area contributed by atoms with Gasteiger partial charge in [0.15, 0.2) is 0 Å². The van der Waals surface area contributed by atoms with E-state index in [-0.39, 0.29) is 4.58 Å². The topological polar surface area (TPSA) is 0 Å². The average molecular weight is 252 g/mol. The second kappa shape index (κ2) is 5.16. The summed E-state index contributed by atoms with van der Waals surface area (Å²) in [6.45, 7) is 0. The van der Waals surface area contributed by atoms with Crippen molar-refractivity contribution >= 4 is 23.5 Å². The van der Waals surface area contributed by atoms with Crippen molar-refractivity contribution in [3.8, 4) is 0 Å². The van der Waals surface area contributed by atoms with Crippen LogP contribution in [0.15, 0.2) is 24.3 Å². The Morgan fingerprint density at radius 2 is 1.73 bits per heavy atom. The third-order valence-corrected chi connectivity index (χ3v) is 4.47. The zero-order valence-electron chi connectivity index (χ0n) is 8.34. The van der Waals surface area contributed by atoms with E-state index in [2.05, 4.69) is 0 Å². The summed E-state index contributed by atoms with van der Waals surface area (Å²) in [7, 11) is 0. The molecule has 0 nitrogen and oxygen atoms in total. The van der Waals surface area contributed by atoms with Crippen molar-refractivity contribution in [3.05, 3.63) is 35.4 Å². The molecule has 5 heteroatoms. The number of rotatable bonds is 3. The molecule has 0 saturated carbocycles. The van der Waals surface area contributed by atoms with Crippen LogP contribution in [0.1, 0.15) is 15.7 Å². The van der Waals surface area contributed by atoms with Crippen LogP contribution in [0.5, 0.6) is 0 Å². The molecule has 0 heterocycles. The second-order valence-corrected chi connectivity index (χ2v) is 5.11. The summed E-state index contributed by atoms with van der Waals surface area (Å²) < 4.78 is 37.3. The van der Waals surface area contributed by atoms with Crippen LogP contribution < -0.4 is 0 Å². The van der Waals surface area contributed by atoms with E-state index < -0.39 is 11.7 Å². The summed E-state index contributed by atoms with van der Waals surface area (Å²) in [6.07, 6.45) is -0.472. The molecule has 0 N–H and O–H groups in total. The van der Waals surface area contributed by atoms with Gasteiger partial charge in [0.1, 0.15) is 0 Å². The van der Waals surface area contributed by atoms with Crippen LogP contribution in [-0.2, 0) is 6.18 Å². The molecule has 0 saturated heterocycles. The Morgan fingerprint density at radius 3 is 2.20 bits per heavy atom. The largest absolute Gasteiger partial charge is 0.416 e. The fourth-order valence-corrected chi connectivity index (χ4v) is 2.84. The van der Waals surface area contributed by atoms with Gasteiger partial charge in [-0.25, -0.2) is 0 Å². The minimum atomic E-state index is -4.25. The molecule has 0 atom stereocenters. The highest BCUT2D eigenvalue weighted by Gasteiger charge is 2.30. The van der Waals surface area contributed by atoms with Crippen molar-refractivity contribution in [3.63, 3.8) is 0 Å². The maximum absolute atomic E-state index is 12.4. The van der Waals surface area contributed by atoms with Gasteiger partial charge in [0, 0.05) is 0 Å². The molecule has 0 aliphatic heterocycles. The van der Waals surface area contributed by atoms with Crippen LogP contribution in [0, 0.1) is 0 Å². The van der Waals surface area contributed by atoms with Gasteiger partial charge in [-0.2, -0.15) is 13.2 Å². The highest BCUT2D eigenvalue weighted by molar-refractivity contribution is 8.15. The molecule has 1 aromatic carbocycles. The number of thioether (sulfide) groups is 2. The zero-order chi connectivity index (χ0) is 11.5. The Morgan fingerprint density at radius 1 is 1.13 bits per heavy atom. The number of halogens is 3. The van der Waals surface area contributed by atoms with Crippen LogP contribution in [0.25, 0.3) is 0 Å². The third kappa shape index (κ3) is 3.34. The minimum absolute atomic E-state index is 0.0623. The van der Waals surface area contributed by atoms with Crippen molar-refractivity contribution in [2.45, 2.75) is 10.8 Å². The molecule has 0 radical (unpaired) electrons. The number of benzene rings is 1. The first-order valence-corrected chi connectivity index (χ1v) is 6.79. The summed E-state index contributed by atoms with van der Waals surface area (Å²) in [5.41, 5.74) is 0.137. The van der Waals surface area contributed by atoms with Gasteiger partial charge in [-0.3, -0.25) is 0 Å². The summed E-state index contributed by atoms with van der Waals surface area (Å²) in [5, 5.41) is 0. The molecule has 84 valence electrons. The van der Waals surface area contributed by atoms with E-state index in [9.17, 15) is 13.2 Å². The molecule has 15 heavy (non-hydrogen) atoms. The summed E-state index contributed by atoms with van der Waals surface area (Å²) in [4.78, 5) is 0. The maximum Gasteiger partial charge on any atom is 0.416 e. The van der Waals surface area contributed by atoms with Crippen LogP contribution >= 0.6 is 23.5 Å². The molecule has 1 aromatic rings. The lowest BCUT2D eigenvalue weighted by Crippen LogP contribution is -2.05. The van der Waals surface area contributed by atoms with Crippen molar-refractivity contribution in [2.75, 3.05) is 12.5 Å². The first kappa shape index (κ1) is 12.8. The molecular weight excluding hydrogens is 241 g/mol. The third-order valence-electron chi connectivity index (χ3n) is 1.91. The minimum Gasteiger partial charge on any atom is -0.166 e. The highest BCUT2D eigenvalue weighted by Crippen LogP contribution is 2.38. The normalized spacial score (nSPS) is 12.1. The van der Waals surface area contributed by atoms with Crippen molar-refractivity contribution in [1.82, 2.24) is 0 Å². The Bertz CT molecular complexity index is 319. The molecule has 0 aliphatic carbocycles. The lowest BCUT2D eigenvalue weighted by molar-refractivity contribution is -0.137. The van der Waals surface area contributed by atoms with Crippen molar-refractivity contribution in [2.24, 2.45) is 0 Å². The second-order valence-electron chi connectivity index (χ2n) is 2.93. The fourth-order valence-electron chi connectivity index (χ4n) is 1.23. The fraction of sp³-hybridized carbons (Fsp3) is 0.400. The quantitative estimate of drug-likeness (QED) is 0.730. The van der Waals surface area contributed by atoms with Crippen molar-refractivity contribution < 1.29 is 13.2 Å². The van der Waals surface area contributed by atoms with E-state index in [1.165, 1.54) is 35.7 Å². The van der Waals surface area contributed by atoms with Gasteiger partial charge in [0.05, 0.1) is 10.1 Å². The molecule has 0 unspecified atom stereocenters. The zero-order valence-corrected chi connectivity index (χ0v) is 9.97. The Labute approximate surface area is 95.6 Å². The molecule has 0 aromatic heterocycles. The Kier molecular flexibility index (Phi) is 4.40. The van der Waals surface area contributed by atoms with E-state index in [1.807, 2.05) is 12.5 Å². The lowest BCUT2D eigenvalue weighted by Gasteiger charge is -2.14. The van der Waals surface area contributed by atoms with Crippen LogP contribution in [0.4, 0.5) is 13.2 Å². The van der Waals surface area contributed by atoms with Crippen molar-refractivity contribution in [1.29, 1.82) is 0 Å². The van der Waals surface area contributed by atoms with E-state index in [1.54, 1.807) is 6.07 Å². The number of alkyl halides is 3. The number of hydrogen-bond acceptors (Lipinski definition) is 2. The van der Waals surface area contributed by atoms with Gasteiger partial charge in [-0.15, -0.1) is 23.5 Å². The molecule has 0 fully saturated rings. The van der Waals surface area contributed by atoms with Gasteiger partial charge in [0.2, 0.25) is 0 Å². The predicted molar refractivity (Wildman–Crippen MR) is 61.2 cm³/mol. The maximum atomic E-state index is 12.4. The molecular formula is C10H11F3S2. The van der Waals surface area contributed by atoms with Crippen LogP contribution in [-0.4, -0.2) is 12.5 Å². The van der Waals surface area contributed by atoms with Gasteiger partial charge >= 0.3 is 6.18 Å². The van der Waals surface area contributed by atoms with E-state index in [0.717, 1.165) is 6.07 Å². The standard InChI is InChI=1S/C10H11F3S2/c1-14-9(15-2)7-4-3-5-8(6-7)10(11,12)13/h3-6,9H,1-2H3. The van der Waals surface area contributed by atoms with E-state index >= 15 is 0 Å². The molecule has 0 aliphatic rings. The first-order chi connectivity index (χ1) is 6.99. The van der Waals surface area contributed by atoms with Gasteiger partial charge < -0.3 is 0 Å². The SMILES string of the molecule is CSC(SC)c1cccc(C(F)(F)F)c1. The average Bonchev–Trinajstić information content (AvgIpc) is 2.19. The Hall–Kier alpha value is -0.290. The summed E-state index contributed by atoms with van der Waals surface area (Å²) >= 11 is 3.08. The van der Waals surface area contributed by atoms with Gasteiger partial charge in [0.25, 0.3) is 0 Å². The monoisotopic (exact) mass is 252 g/mol. The van der Waals surface area contributed by atoms with Crippen LogP contribution in [0.2, 0.25) is 0 Å². The molecule has 0 amide bonds. The lowest BCUT2D eigenvalue weighted by atomic mass is 10.1. The smallest absolute Gasteiger partial charge is 0.166 e. The summed E-state index contributed by atoms with van der Waals surface area (Å²) in [6, 6.07) is 5.50. The first-order valence-electron chi connectivity index (χ1n) is 4.21. The highest BCUT2D eigenvalue weighted by atomic mass is 32.2. The Balaban J connectivity index is 3.02. The van der Waals surface area contributed by atoms with E-state index in [0.29, 0.717) is 5.56 Å². The molecule has 0 spiro atoms. The van der Waals surface area contributed by atoms with Gasteiger partial charge in [-0.1, -0.05) is 12.1 Å².